The first-order valence-electron chi connectivity index (χ1n) is 8.45. The van der Waals surface area contributed by atoms with Crippen molar-refractivity contribution in [1.29, 1.82) is 0 Å². The van der Waals surface area contributed by atoms with E-state index in [1.165, 1.54) is 11.1 Å². The van der Waals surface area contributed by atoms with E-state index in [1.807, 2.05) is 31.2 Å². The summed E-state index contributed by atoms with van der Waals surface area (Å²) in [6.07, 6.45) is 0.460. The molecule has 25 heavy (non-hydrogen) atoms. The summed E-state index contributed by atoms with van der Waals surface area (Å²) >= 11 is 0. The van der Waals surface area contributed by atoms with Crippen LogP contribution < -0.4 is 5.32 Å². The Balaban J connectivity index is 1.58. The average molecular weight is 339 g/mol. The van der Waals surface area contributed by atoms with Crippen LogP contribution in [0.5, 0.6) is 0 Å². The van der Waals surface area contributed by atoms with Gasteiger partial charge in [0, 0.05) is 12.3 Å². The summed E-state index contributed by atoms with van der Waals surface area (Å²) in [7, 11) is 0. The van der Waals surface area contributed by atoms with E-state index in [0.717, 1.165) is 11.1 Å². The van der Waals surface area contributed by atoms with Gasteiger partial charge in [-0.05, 0) is 28.7 Å². The Labute approximate surface area is 147 Å². The number of ether oxygens (including phenoxy) is 2. The molecule has 130 valence electrons. The Morgan fingerprint density at radius 3 is 2.16 bits per heavy atom. The number of carbonyl (C=O) groups is 2. The third-order valence-corrected chi connectivity index (χ3v) is 4.25. The second kappa shape index (κ2) is 7.83. The van der Waals surface area contributed by atoms with Crippen molar-refractivity contribution in [3.05, 3.63) is 59.7 Å². The molecule has 2 aromatic carbocycles. The largest absolute Gasteiger partial charge is 0.448 e. The fourth-order valence-electron chi connectivity index (χ4n) is 3.10. The minimum Gasteiger partial charge on any atom is -0.448 e. The van der Waals surface area contributed by atoms with E-state index >= 15 is 0 Å². The minimum atomic E-state index is -0.592. The van der Waals surface area contributed by atoms with Crippen LogP contribution in [0.2, 0.25) is 0 Å². The normalized spacial score (nSPS) is 12.2. The molecule has 0 atom stereocenters. The van der Waals surface area contributed by atoms with Crippen molar-refractivity contribution in [1.82, 2.24) is 5.32 Å². The molecule has 0 saturated heterocycles. The molecule has 0 radical (unpaired) electrons. The molecular formula is C20H21NO4. The zero-order valence-corrected chi connectivity index (χ0v) is 14.2. The summed E-state index contributed by atoms with van der Waals surface area (Å²) in [5.74, 6) is -0.317. The predicted molar refractivity (Wildman–Crippen MR) is 94.1 cm³/mol. The predicted octanol–water partition coefficient (Wildman–Crippen LogP) is 3.83. The summed E-state index contributed by atoms with van der Waals surface area (Å²) in [4.78, 5) is 23.1. The molecular weight excluding hydrogens is 318 g/mol. The molecule has 0 saturated carbocycles. The van der Waals surface area contributed by atoms with Gasteiger partial charge in [-0.1, -0.05) is 55.5 Å². The van der Waals surface area contributed by atoms with Gasteiger partial charge < -0.3 is 9.47 Å². The van der Waals surface area contributed by atoms with Crippen molar-refractivity contribution in [2.24, 2.45) is 0 Å². The van der Waals surface area contributed by atoms with Crippen LogP contribution in [0.4, 0.5) is 4.79 Å². The SMILES string of the molecule is CCCC(=O)OCNC(=O)OCC1c2ccccc2-c2ccccc21. The van der Waals surface area contributed by atoms with Gasteiger partial charge in [-0.2, -0.15) is 0 Å². The number of rotatable bonds is 6. The van der Waals surface area contributed by atoms with Crippen molar-refractivity contribution in [3.63, 3.8) is 0 Å². The van der Waals surface area contributed by atoms with Crippen LogP contribution in [-0.2, 0) is 14.3 Å². The van der Waals surface area contributed by atoms with E-state index in [2.05, 4.69) is 29.6 Å². The molecule has 5 nitrogen and oxygen atoms in total. The van der Waals surface area contributed by atoms with Gasteiger partial charge in [-0.3, -0.25) is 10.1 Å². The Kier molecular flexibility index (Phi) is 5.33. The van der Waals surface area contributed by atoms with Crippen LogP contribution >= 0.6 is 0 Å². The van der Waals surface area contributed by atoms with E-state index in [-0.39, 0.29) is 25.2 Å². The second-order valence-electron chi connectivity index (χ2n) is 5.91. The van der Waals surface area contributed by atoms with Crippen LogP contribution in [-0.4, -0.2) is 25.4 Å². The molecule has 0 fully saturated rings. The molecule has 5 heteroatoms. The molecule has 1 amide bonds. The van der Waals surface area contributed by atoms with Crippen LogP contribution in [0, 0.1) is 0 Å². The highest BCUT2D eigenvalue weighted by atomic mass is 16.6. The fourth-order valence-corrected chi connectivity index (χ4v) is 3.10. The number of esters is 1. The fraction of sp³-hybridized carbons (Fsp3) is 0.300. The Morgan fingerprint density at radius 1 is 0.960 bits per heavy atom. The summed E-state index contributed by atoms with van der Waals surface area (Å²) in [6.45, 7) is 1.96. The highest BCUT2D eigenvalue weighted by Crippen LogP contribution is 2.44. The summed E-state index contributed by atoms with van der Waals surface area (Å²) in [5, 5.41) is 2.44. The molecule has 0 aromatic heterocycles. The third-order valence-electron chi connectivity index (χ3n) is 4.25. The Bertz CT molecular complexity index is 726. The molecule has 0 unspecified atom stereocenters. The lowest BCUT2D eigenvalue weighted by Crippen LogP contribution is -2.29. The van der Waals surface area contributed by atoms with E-state index in [0.29, 0.717) is 12.8 Å². The Hall–Kier alpha value is -2.82. The maximum Gasteiger partial charge on any atom is 0.409 e. The van der Waals surface area contributed by atoms with Gasteiger partial charge >= 0.3 is 12.1 Å². The molecule has 0 spiro atoms. The van der Waals surface area contributed by atoms with Gasteiger partial charge in [0.05, 0.1) is 0 Å². The number of hydrogen-bond donors (Lipinski definition) is 1. The van der Waals surface area contributed by atoms with Gasteiger partial charge in [-0.15, -0.1) is 0 Å². The molecule has 1 N–H and O–H groups in total. The van der Waals surface area contributed by atoms with Crippen molar-refractivity contribution < 1.29 is 19.1 Å². The van der Waals surface area contributed by atoms with E-state index in [9.17, 15) is 9.59 Å². The lowest BCUT2D eigenvalue weighted by atomic mass is 9.98. The highest BCUT2D eigenvalue weighted by molar-refractivity contribution is 5.79. The first-order valence-corrected chi connectivity index (χ1v) is 8.45. The molecule has 0 heterocycles. The smallest absolute Gasteiger partial charge is 0.409 e. The molecule has 1 aliphatic carbocycles. The average Bonchev–Trinajstić information content (AvgIpc) is 2.94. The summed E-state index contributed by atoms with van der Waals surface area (Å²) < 4.78 is 10.2. The van der Waals surface area contributed by atoms with Crippen molar-refractivity contribution in [2.45, 2.75) is 25.7 Å². The molecule has 3 rings (SSSR count). The van der Waals surface area contributed by atoms with Crippen molar-refractivity contribution in [3.8, 4) is 11.1 Å². The molecule has 0 aliphatic heterocycles. The Morgan fingerprint density at radius 2 is 1.56 bits per heavy atom. The maximum absolute atomic E-state index is 11.8. The zero-order valence-electron chi connectivity index (χ0n) is 14.2. The minimum absolute atomic E-state index is 0.0146. The van der Waals surface area contributed by atoms with Gasteiger partial charge in [0.25, 0.3) is 0 Å². The molecule has 1 aliphatic rings. The summed E-state index contributed by atoms with van der Waals surface area (Å²) in [6, 6.07) is 16.3. The van der Waals surface area contributed by atoms with E-state index in [4.69, 9.17) is 9.47 Å². The molecule has 0 bridgehead atoms. The first kappa shape index (κ1) is 17.0. The number of benzene rings is 2. The molecule has 2 aromatic rings. The standard InChI is InChI=1S/C20H21NO4/c1-2-7-19(22)25-13-21-20(23)24-12-18-16-10-5-3-8-14(16)15-9-4-6-11-17(15)18/h3-6,8-11,18H,2,7,12-13H2,1H3,(H,21,23). The monoisotopic (exact) mass is 339 g/mol. The van der Waals surface area contributed by atoms with Crippen LogP contribution in [0.3, 0.4) is 0 Å². The van der Waals surface area contributed by atoms with Crippen LogP contribution in [0.15, 0.2) is 48.5 Å². The van der Waals surface area contributed by atoms with Crippen molar-refractivity contribution >= 4 is 12.1 Å². The van der Waals surface area contributed by atoms with Crippen LogP contribution in [0.25, 0.3) is 11.1 Å². The third kappa shape index (κ3) is 3.82. The van der Waals surface area contributed by atoms with Gasteiger partial charge in [-0.25, -0.2) is 4.79 Å². The zero-order chi connectivity index (χ0) is 17.6. The maximum atomic E-state index is 11.8. The van der Waals surface area contributed by atoms with Gasteiger partial charge in [0.1, 0.15) is 6.61 Å². The van der Waals surface area contributed by atoms with Crippen LogP contribution in [0.1, 0.15) is 36.8 Å². The highest BCUT2D eigenvalue weighted by Gasteiger charge is 2.28. The number of carbonyl (C=O) groups excluding carboxylic acids is 2. The van der Waals surface area contributed by atoms with Gasteiger partial charge in [0.2, 0.25) is 0 Å². The van der Waals surface area contributed by atoms with Gasteiger partial charge in [0.15, 0.2) is 6.73 Å². The number of hydrogen-bond acceptors (Lipinski definition) is 4. The van der Waals surface area contributed by atoms with E-state index in [1.54, 1.807) is 0 Å². The quantitative estimate of drug-likeness (QED) is 0.642. The summed E-state index contributed by atoms with van der Waals surface area (Å²) in [5.41, 5.74) is 4.68. The number of fused-ring (bicyclic) bond motifs is 3. The van der Waals surface area contributed by atoms with Crippen molar-refractivity contribution in [2.75, 3.05) is 13.3 Å². The lowest BCUT2D eigenvalue weighted by Gasteiger charge is -2.14. The number of alkyl carbamates (subject to hydrolysis) is 1. The van der Waals surface area contributed by atoms with E-state index < -0.39 is 6.09 Å². The number of nitrogens with one attached hydrogen (secondary N) is 1. The topological polar surface area (TPSA) is 64.6 Å². The lowest BCUT2D eigenvalue weighted by molar-refractivity contribution is -0.144. The second-order valence-corrected chi connectivity index (χ2v) is 5.91. The number of amides is 1. The first-order chi connectivity index (χ1) is 12.2.